The molecule has 2 aliphatic rings. The summed E-state index contributed by atoms with van der Waals surface area (Å²) < 4.78 is 0. The highest BCUT2D eigenvalue weighted by Gasteiger charge is 2.34. The summed E-state index contributed by atoms with van der Waals surface area (Å²) in [6.07, 6.45) is 7.50. The van der Waals surface area contributed by atoms with Gasteiger partial charge in [-0.05, 0) is 39.2 Å². The van der Waals surface area contributed by atoms with Crippen LogP contribution >= 0.6 is 11.3 Å². The molecule has 2 fully saturated rings. The zero-order chi connectivity index (χ0) is 11.7. The van der Waals surface area contributed by atoms with Gasteiger partial charge in [0.15, 0.2) is 0 Å². The largest absolute Gasteiger partial charge is 0.313 e. The molecular formula is C13H21N3S. The van der Waals surface area contributed by atoms with Crippen LogP contribution < -0.4 is 5.32 Å². The molecule has 1 aliphatic heterocycles. The van der Waals surface area contributed by atoms with Gasteiger partial charge < -0.3 is 5.32 Å². The molecule has 1 N–H and O–H groups in total. The van der Waals surface area contributed by atoms with E-state index in [0.717, 1.165) is 6.04 Å². The first-order valence-corrected chi connectivity index (χ1v) is 7.60. The van der Waals surface area contributed by atoms with Gasteiger partial charge in [-0.25, -0.2) is 0 Å². The maximum absolute atomic E-state index is 4.21. The number of hydrogen-bond acceptors (Lipinski definition) is 4. The fraction of sp³-hybridized carbons (Fsp3) is 0.769. The van der Waals surface area contributed by atoms with E-state index in [1.54, 1.807) is 11.3 Å². The highest BCUT2D eigenvalue weighted by Crippen LogP contribution is 2.35. The molecule has 0 bridgehead atoms. The van der Waals surface area contributed by atoms with E-state index < -0.39 is 0 Å². The zero-order valence-electron chi connectivity index (χ0n) is 10.4. The maximum Gasteiger partial charge on any atom is 0.0794 e. The minimum Gasteiger partial charge on any atom is -0.313 e. The molecule has 1 saturated carbocycles. The predicted molar refractivity (Wildman–Crippen MR) is 71.3 cm³/mol. The van der Waals surface area contributed by atoms with Crippen molar-refractivity contribution in [2.24, 2.45) is 0 Å². The lowest BCUT2D eigenvalue weighted by Gasteiger charge is -2.30. The number of nitrogens with zero attached hydrogens (tertiary/aromatic N) is 2. The minimum atomic E-state index is 0.539. The average molecular weight is 251 g/mol. The van der Waals surface area contributed by atoms with Crippen molar-refractivity contribution < 1.29 is 0 Å². The lowest BCUT2D eigenvalue weighted by molar-refractivity contribution is 0.184. The van der Waals surface area contributed by atoms with Crippen molar-refractivity contribution in [2.75, 3.05) is 13.1 Å². The minimum absolute atomic E-state index is 0.539. The molecule has 0 radical (unpaired) electrons. The van der Waals surface area contributed by atoms with Gasteiger partial charge in [0, 0.05) is 35.7 Å². The normalized spacial score (nSPS) is 26.6. The predicted octanol–water partition coefficient (Wildman–Crippen LogP) is 2.42. The molecule has 94 valence electrons. The van der Waals surface area contributed by atoms with Gasteiger partial charge in [0.2, 0.25) is 0 Å². The number of rotatable bonds is 5. The molecule has 1 aromatic heterocycles. The highest BCUT2D eigenvalue weighted by molar-refractivity contribution is 7.09. The van der Waals surface area contributed by atoms with Gasteiger partial charge in [0.05, 0.1) is 5.51 Å². The lowest BCUT2D eigenvalue weighted by Crippen LogP contribution is -2.40. The van der Waals surface area contributed by atoms with Crippen LogP contribution in [0.15, 0.2) is 11.7 Å². The molecule has 17 heavy (non-hydrogen) atoms. The summed E-state index contributed by atoms with van der Waals surface area (Å²) in [5.41, 5.74) is 1.95. The molecule has 2 atom stereocenters. The smallest absolute Gasteiger partial charge is 0.0794 e. The Balaban J connectivity index is 1.66. The molecule has 2 unspecified atom stereocenters. The van der Waals surface area contributed by atoms with E-state index >= 15 is 0 Å². The quantitative estimate of drug-likeness (QED) is 0.871. The van der Waals surface area contributed by atoms with Gasteiger partial charge in [-0.1, -0.05) is 0 Å². The van der Waals surface area contributed by atoms with E-state index in [0.29, 0.717) is 12.1 Å². The Morgan fingerprint density at radius 3 is 3.00 bits per heavy atom. The van der Waals surface area contributed by atoms with Crippen LogP contribution in [0, 0.1) is 0 Å². The van der Waals surface area contributed by atoms with E-state index in [9.17, 15) is 0 Å². The molecule has 0 spiro atoms. The van der Waals surface area contributed by atoms with Crippen LogP contribution in [-0.2, 0) is 0 Å². The standard InChI is InChI=1S/C13H21N3S/c1-10(13-7-14-9-17-13)16(12-4-5-12)8-11-3-2-6-15-11/h7,9-12,15H,2-6,8H2,1H3. The summed E-state index contributed by atoms with van der Waals surface area (Å²) in [5, 5.41) is 3.62. The second kappa shape index (κ2) is 5.04. The van der Waals surface area contributed by atoms with Crippen molar-refractivity contribution in [1.29, 1.82) is 0 Å². The maximum atomic E-state index is 4.21. The first-order valence-electron chi connectivity index (χ1n) is 6.72. The molecule has 4 heteroatoms. The molecular weight excluding hydrogens is 230 g/mol. The van der Waals surface area contributed by atoms with Gasteiger partial charge in [-0.15, -0.1) is 11.3 Å². The summed E-state index contributed by atoms with van der Waals surface area (Å²) in [6.45, 7) is 4.75. The number of nitrogens with one attached hydrogen (secondary N) is 1. The van der Waals surface area contributed by atoms with Gasteiger partial charge >= 0.3 is 0 Å². The molecule has 0 aromatic carbocycles. The molecule has 1 aromatic rings. The van der Waals surface area contributed by atoms with E-state index in [1.165, 1.54) is 43.6 Å². The molecule has 0 amide bonds. The van der Waals surface area contributed by atoms with E-state index in [4.69, 9.17) is 0 Å². The molecule has 3 rings (SSSR count). The SMILES string of the molecule is CC(c1cncs1)N(CC1CCCN1)C1CC1. The van der Waals surface area contributed by atoms with Crippen LogP contribution in [0.2, 0.25) is 0 Å². The van der Waals surface area contributed by atoms with Crippen LogP contribution in [0.25, 0.3) is 0 Å². The molecule has 2 heterocycles. The first-order chi connectivity index (χ1) is 8.34. The monoisotopic (exact) mass is 251 g/mol. The summed E-state index contributed by atoms with van der Waals surface area (Å²) >= 11 is 1.79. The van der Waals surface area contributed by atoms with Crippen LogP contribution in [-0.4, -0.2) is 35.1 Å². The Labute approximate surface area is 107 Å². The van der Waals surface area contributed by atoms with Crippen molar-refractivity contribution in [3.05, 3.63) is 16.6 Å². The number of hydrogen-bond donors (Lipinski definition) is 1. The second-order valence-corrected chi connectivity index (χ2v) is 6.22. The molecule has 1 saturated heterocycles. The van der Waals surface area contributed by atoms with Crippen molar-refractivity contribution in [3.63, 3.8) is 0 Å². The number of thiazole rings is 1. The molecule has 1 aliphatic carbocycles. The Hall–Kier alpha value is -0.450. The van der Waals surface area contributed by atoms with E-state index in [2.05, 4.69) is 22.1 Å². The lowest BCUT2D eigenvalue weighted by atomic mass is 10.1. The Morgan fingerprint density at radius 2 is 2.41 bits per heavy atom. The van der Waals surface area contributed by atoms with Gasteiger partial charge in [0.25, 0.3) is 0 Å². The second-order valence-electron chi connectivity index (χ2n) is 5.30. The first kappa shape index (κ1) is 11.6. The van der Waals surface area contributed by atoms with Crippen LogP contribution in [0.3, 0.4) is 0 Å². The average Bonchev–Trinajstić information content (AvgIpc) is 2.86. The summed E-state index contributed by atoms with van der Waals surface area (Å²) in [4.78, 5) is 8.32. The number of aromatic nitrogens is 1. The van der Waals surface area contributed by atoms with Gasteiger partial charge in [-0.3, -0.25) is 9.88 Å². The van der Waals surface area contributed by atoms with E-state index in [1.807, 2.05) is 11.7 Å². The van der Waals surface area contributed by atoms with Crippen LogP contribution in [0.1, 0.15) is 43.5 Å². The topological polar surface area (TPSA) is 28.2 Å². The van der Waals surface area contributed by atoms with Gasteiger partial charge in [0.1, 0.15) is 0 Å². The van der Waals surface area contributed by atoms with Crippen molar-refractivity contribution in [1.82, 2.24) is 15.2 Å². The Bertz CT molecular complexity index is 342. The van der Waals surface area contributed by atoms with Crippen LogP contribution in [0.5, 0.6) is 0 Å². The summed E-state index contributed by atoms with van der Waals surface area (Å²) in [7, 11) is 0. The fourth-order valence-electron chi connectivity index (χ4n) is 2.79. The third kappa shape index (κ3) is 2.69. The van der Waals surface area contributed by atoms with Crippen molar-refractivity contribution in [3.8, 4) is 0 Å². The van der Waals surface area contributed by atoms with Crippen molar-refractivity contribution in [2.45, 2.75) is 50.7 Å². The third-order valence-electron chi connectivity index (χ3n) is 3.97. The Kier molecular flexibility index (Phi) is 3.45. The Morgan fingerprint density at radius 1 is 1.53 bits per heavy atom. The van der Waals surface area contributed by atoms with E-state index in [-0.39, 0.29) is 0 Å². The highest BCUT2D eigenvalue weighted by atomic mass is 32.1. The fourth-order valence-corrected chi connectivity index (χ4v) is 3.49. The third-order valence-corrected chi connectivity index (χ3v) is 4.92. The van der Waals surface area contributed by atoms with Crippen molar-refractivity contribution >= 4 is 11.3 Å². The van der Waals surface area contributed by atoms with Gasteiger partial charge in [-0.2, -0.15) is 0 Å². The summed E-state index contributed by atoms with van der Waals surface area (Å²) in [6, 6.07) is 2.08. The summed E-state index contributed by atoms with van der Waals surface area (Å²) in [5.74, 6) is 0. The zero-order valence-corrected chi connectivity index (χ0v) is 11.2. The van der Waals surface area contributed by atoms with Crippen LogP contribution in [0.4, 0.5) is 0 Å². The molecule has 3 nitrogen and oxygen atoms in total.